The van der Waals surface area contributed by atoms with E-state index in [1.54, 1.807) is 0 Å². The molecule has 2 saturated heterocycles. The van der Waals surface area contributed by atoms with Crippen LogP contribution in [0.4, 0.5) is 0 Å². The maximum Gasteiger partial charge on any atom is 0.327 e. The third-order valence-electron chi connectivity index (χ3n) is 3.08. The lowest BCUT2D eigenvalue weighted by molar-refractivity contribution is -0.158. The molecule has 0 saturated carbocycles. The van der Waals surface area contributed by atoms with Crippen molar-refractivity contribution >= 4 is 5.97 Å². The maximum absolute atomic E-state index is 11.4. The van der Waals surface area contributed by atoms with Gasteiger partial charge in [-0.2, -0.15) is 0 Å². The number of hydrogen-bond acceptors (Lipinski definition) is 3. The van der Waals surface area contributed by atoms with Gasteiger partial charge in [0.15, 0.2) is 0 Å². The standard InChI is InChI=1S/C9H15NO2/c1-4-9-5-10(9)8(2,3)6-12-7(9)11/h4-6H2,1-3H3/t9-,10?/m0/s1. The van der Waals surface area contributed by atoms with Gasteiger partial charge in [0.1, 0.15) is 12.1 Å². The highest BCUT2D eigenvalue weighted by Gasteiger charge is 2.65. The fraction of sp³-hybridized carbons (Fsp3) is 0.889. The molecule has 0 bridgehead atoms. The van der Waals surface area contributed by atoms with Crippen molar-refractivity contribution in [2.24, 2.45) is 0 Å². The molecule has 12 heavy (non-hydrogen) atoms. The number of carbonyl (C=O) groups is 1. The number of ether oxygens (including phenoxy) is 1. The van der Waals surface area contributed by atoms with Gasteiger partial charge in [0.2, 0.25) is 0 Å². The second kappa shape index (κ2) is 2.02. The van der Waals surface area contributed by atoms with Crippen molar-refractivity contribution in [1.82, 2.24) is 4.90 Å². The van der Waals surface area contributed by atoms with Crippen molar-refractivity contribution in [3.8, 4) is 0 Å². The van der Waals surface area contributed by atoms with Gasteiger partial charge in [-0.3, -0.25) is 4.90 Å². The van der Waals surface area contributed by atoms with Crippen LogP contribution in [-0.4, -0.2) is 35.1 Å². The molecule has 0 radical (unpaired) electrons. The zero-order valence-electron chi connectivity index (χ0n) is 7.89. The monoisotopic (exact) mass is 169 g/mol. The molecule has 0 aromatic rings. The van der Waals surface area contributed by atoms with E-state index in [-0.39, 0.29) is 17.0 Å². The summed E-state index contributed by atoms with van der Waals surface area (Å²) in [5.41, 5.74) is -0.203. The lowest BCUT2D eigenvalue weighted by Gasteiger charge is -2.34. The summed E-state index contributed by atoms with van der Waals surface area (Å²) in [5, 5.41) is 0. The molecular formula is C9H15NO2. The topological polar surface area (TPSA) is 29.3 Å². The molecule has 0 aromatic heterocycles. The highest BCUT2D eigenvalue weighted by molar-refractivity contribution is 5.86. The summed E-state index contributed by atoms with van der Waals surface area (Å²) in [5.74, 6) is -0.0238. The fourth-order valence-electron chi connectivity index (χ4n) is 2.10. The van der Waals surface area contributed by atoms with Crippen LogP contribution >= 0.6 is 0 Å². The van der Waals surface area contributed by atoms with Crippen molar-refractivity contribution < 1.29 is 9.53 Å². The quantitative estimate of drug-likeness (QED) is 0.429. The Labute approximate surface area is 72.7 Å². The van der Waals surface area contributed by atoms with Gasteiger partial charge in [-0.25, -0.2) is 4.79 Å². The van der Waals surface area contributed by atoms with Crippen molar-refractivity contribution in [3.05, 3.63) is 0 Å². The van der Waals surface area contributed by atoms with Crippen LogP contribution in [0.5, 0.6) is 0 Å². The predicted octanol–water partition coefficient (Wildman–Crippen LogP) is 0.786. The number of rotatable bonds is 1. The summed E-state index contributed by atoms with van der Waals surface area (Å²) >= 11 is 0. The van der Waals surface area contributed by atoms with Crippen LogP contribution < -0.4 is 0 Å². The molecular weight excluding hydrogens is 154 g/mol. The molecule has 2 atom stereocenters. The summed E-state index contributed by atoms with van der Waals surface area (Å²) in [6.07, 6.45) is 0.870. The minimum Gasteiger partial charge on any atom is -0.462 e. The van der Waals surface area contributed by atoms with E-state index in [2.05, 4.69) is 18.7 Å². The van der Waals surface area contributed by atoms with E-state index in [0.29, 0.717) is 6.61 Å². The average molecular weight is 169 g/mol. The van der Waals surface area contributed by atoms with Crippen molar-refractivity contribution in [2.75, 3.05) is 13.2 Å². The van der Waals surface area contributed by atoms with E-state index in [9.17, 15) is 4.79 Å². The van der Waals surface area contributed by atoms with Gasteiger partial charge in [0.05, 0.1) is 5.54 Å². The summed E-state index contributed by atoms with van der Waals surface area (Å²) in [7, 11) is 0. The lowest BCUT2D eigenvalue weighted by Crippen LogP contribution is -2.49. The predicted molar refractivity (Wildman–Crippen MR) is 44.8 cm³/mol. The molecule has 2 rings (SSSR count). The minimum absolute atomic E-state index is 0.0238. The van der Waals surface area contributed by atoms with Crippen molar-refractivity contribution in [1.29, 1.82) is 0 Å². The Balaban J connectivity index is 2.25. The molecule has 3 heteroatoms. The summed E-state index contributed by atoms with van der Waals surface area (Å²) in [4.78, 5) is 13.7. The first-order chi connectivity index (χ1) is 5.53. The normalized spacial score (nSPS) is 43.2. The molecule has 0 aromatic carbocycles. The highest BCUT2D eigenvalue weighted by atomic mass is 16.5. The molecule has 2 aliphatic heterocycles. The Kier molecular flexibility index (Phi) is 1.35. The molecule has 1 unspecified atom stereocenters. The Bertz CT molecular complexity index is 237. The van der Waals surface area contributed by atoms with Crippen LogP contribution in [0.3, 0.4) is 0 Å². The second-order valence-corrected chi connectivity index (χ2v) is 4.36. The zero-order valence-corrected chi connectivity index (χ0v) is 7.89. The SMILES string of the molecule is CC[C@@]12CN1C(C)(C)COC2=O. The minimum atomic E-state index is -0.248. The van der Waals surface area contributed by atoms with Crippen LogP contribution in [0.2, 0.25) is 0 Å². The van der Waals surface area contributed by atoms with Crippen LogP contribution in [0.15, 0.2) is 0 Å². The third kappa shape index (κ3) is 0.774. The first-order valence-corrected chi connectivity index (χ1v) is 4.48. The second-order valence-electron chi connectivity index (χ2n) is 4.36. The number of hydrogen-bond donors (Lipinski definition) is 0. The first-order valence-electron chi connectivity index (χ1n) is 4.48. The highest BCUT2D eigenvalue weighted by Crippen LogP contribution is 2.46. The van der Waals surface area contributed by atoms with E-state index in [1.165, 1.54) is 0 Å². The Hall–Kier alpha value is -0.570. The molecule has 0 N–H and O–H groups in total. The molecule has 0 aliphatic carbocycles. The Morgan fingerprint density at radius 1 is 1.58 bits per heavy atom. The van der Waals surface area contributed by atoms with Gasteiger partial charge in [-0.1, -0.05) is 6.92 Å². The molecule has 0 amide bonds. The number of nitrogens with zero attached hydrogens (tertiary/aromatic N) is 1. The first kappa shape index (κ1) is 8.05. The van der Waals surface area contributed by atoms with Crippen LogP contribution in [-0.2, 0) is 9.53 Å². The largest absolute Gasteiger partial charge is 0.462 e. The Morgan fingerprint density at radius 2 is 2.25 bits per heavy atom. The lowest BCUT2D eigenvalue weighted by atomic mass is 10.0. The maximum atomic E-state index is 11.4. The molecule has 2 heterocycles. The number of cyclic esters (lactones) is 1. The molecule has 68 valence electrons. The third-order valence-corrected chi connectivity index (χ3v) is 3.08. The molecule has 3 nitrogen and oxygen atoms in total. The summed E-state index contributed by atoms with van der Waals surface area (Å²) in [6.45, 7) is 7.71. The van der Waals surface area contributed by atoms with E-state index in [0.717, 1.165) is 13.0 Å². The van der Waals surface area contributed by atoms with E-state index in [4.69, 9.17) is 4.74 Å². The smallest absolute Gasteiger partial charge is 0.327 e. The van der Waals surface area contributed by atoms with Crippen LogP contribution in [0.25, 0.3) is 0 Å². The van der Waals surface area contributed by atoms with E-state index >= 15 is 0 Å². The van der Waals surface area contributed by atoms with Gasteiger partial charge >= 0.3 is 5.97 Å². The van der Waals surface area contributed by atoms with E-state index in [1.807, 2.05) is 6.92 Å². The zero-order chi connectivity index (χ0) is 8.98. The van der Waals surface area contributed by atoms with Gasteiger partial charge in [-0.15, -0.1) is 0 Å². The molecule has 0 spiro atoms. The number of morpholine rings is 1. The Morgan fingerprint density at radius 3 is 2.75 bits per heavy atom. The van der Waals surface area contributed by atoms with Gasteiger partial charge in [0.25, 0.3) is 0 Å². The van der Waals surface area contributed by atoms with Gasteiger partial charge < -0.3 is 4.74 Å². The number of carbonyl (C=O) groups excluding carboxylic acids is 1. The van der Waals surface area contributed by atoms with Crippen molar-refractivity contribution in [3.63, 3.8) is 0 Å². The van der Waals surface area contributed by atoms with Gasteiger partial charge in [-0.05, 0) is 20.3 Å². The van der Waals surface area contributed by atoms with Gasteiger partial charge in [0, 0.05) is 6.54 Å². The molecule has 2 fully saturated rings. The van der Waals surface area contributed by atoms with Crippen LogP contribution in [0, 0.1) is 0 Å². The number of esters is 1. The number of fused-ring (bicyclic) bond motifs is 1. The fourth-order valence-corrected chi connectivity index (χ4v) is 2.10. The van der Waals surface area contributed by atoms with Crippen molar-refractivity contribution in [2.45, 2.75) is 38.3 Å². The van der Waals surface area contributed by atoms with Crippen LogP contribution in [0.1, 0.15) is 27.2 Å². The summed E-state index contributed by atoms with van der Waals surface area (Å²) in [6, 6.07) is 0. The summed E-state index contributed by atoms with van der Waals surface area (Å²) < 4.78 is 5.16. The van der Waals surface area contributed by atoms with E-state index < -0.39 is 0 Å². The average Bonchev–Trinajstić information content (AvgIpc) is 2.75. The molecule has 2 aliphatic rings.